The molecule has 21 heavy (non-hydrogen) atoms. The number of ether oxygens (including phenoxy) is 1. The minimum Gasteiger partial charge on any atom is -0.394 e. The molecule has 0 spiro atoms. The van der Waals surface area contributed by atoms with Crippen LogP contribution >= 0.6 is 0 Å². The minimum absolute atomic E-state index is 0.0228. The molecule has 2 aromatic rings. The number of hydrogen-bond donors (Lipinski definition) is 4. The number of nitrogens with zero attached hydrogens (tertiary/aromatic N) is 3. The van der Waals surface area contributed by atoms with E-state index in [9.17, 15) is 13.9 Å². The highest BCUT2D eigenvalue weighted by molar-refractivity contribution is 5.74. The van der Waals surface area contributed by atoms with Gasteiger partial charge in [-0.05, 0) is 6.92 Å². The molecule has 3 atom stereocenters. The molecule has 0 amide bonds. The number of alkyl halides is 2. The van der Waals surface area contributed by atoms with Gasteiger partial charge in [0.25, 0.3) is 0 Å². The SMILES string of the molecule is Cc1nc(N)nc2nc([C@@H]3O[C@H](CO)[C@@H](O)C3(F)F)[nH]c12. The molecule has 0 radical (unpaired) electrons. The number of aromatic amines is 1. The van der Waals surface area contributed by atoms with Gasteiger partial charge in [0, 0.05) is 0 Å². The Hall–Kier alpha value is -1.91. The Balaban J connectivity index is 2.06. The zero-order valence-corrected chi connectivity index (χ0v) is 10.9. The number of nitrogens with two attached hydrogens (primary N) is 1. The van der Waals surface area contributed by atoms with Gasteiger partial charge in [-0.2, -0.15) is 4.98 Å². The number of halogens is 2. The lowest BCUT2D eigenvalue weighted by atomic mass is 10.1. The number of H-pyrrole nitrogens is 1. The van der Waals surface area contributed by atoms with Crippen molar-refractivity contribution in [2.45, 2.75) is 31.2 Å². The van der Waals surface area contributed by atoms with Crippen LogP contribution in [0.4, 0.5) is 14.7 Å². The highest BCUT2D eigenvalue weighted by atomic mass is 19.3. The molecule has 1 aliphatic rings. The maximum atomic E-state index is 14.0. The number of nitrogens with one attached hydrogen (secondary N) is 1. The van der Waals surface area contributed by atoms with E-state index in [0.29, 0.717) is 11.2 Å². The van der Waals surface area contributed by atoms with E-state index < -0.39 is 30.8 Å². The van der Waals surface area contributed by atoms with Gasteiger partial charge in [-0.3, -0.25) is 0 Å². The summed E-state index contributed by atoms with van der Waals surface area (Å²) < 4.78 is 33.1. The molecule has 10 heteroatoms. The summed E-state index contributed by atoms with van der Waals surface area (Å²) in [6.07, 6.45) is -5.30. The van der Waals surface area contributed by atoms with Gasteiger partial charge in [0.05, 0.1) is 12.3 Å². The zero-order valence-electron chi connectivity index (χ0n) is 10.9. The lowest BCUT2D eigenvalue weighted by Crippen LogP contribution is -2.38. The van der Waals surface area contributed by atoms with E-state index >= 15 is 0 Å². The van der Waals surface area contributed by atoms with E-state index in [4.69, 9.17) is 15.6 Å². The topological polar surface area (TPSA) is 130 Å². The quantitative estimate of drug-likeness (QED) is 0.597. The summed E-state index contributed by atoms with van der Waals surface area (Å²) in [4.78, 5) is 14.3. The molecule has 5 N–H and O–H groups in total. The average molecular weight is 301 g/mol. The third-order valence-electron chi connectivity index (χ3n) is 3.40. The van der Waals surface area contributed by atoms with Gasteiger partial charge in [0.2, 0.25) is 5.95 Å². The first-order chi connectivity index (χ1) is 9.84. The first-order valence-electron chi connectivity index (χ1n) is 6.16. The van der Waals surface area contributed by atoms with Crippen molar-refractivity contribution in [3.05, 3.63) is 11.5 Å². The van der Waals surface area contributed by atoms with Crippen LogP contribution in [0.25, 0.3) is 11.2 Å². The number of aryl methyl sites for hydroxylation is 1. The lowest BCUT2D eigenvalue weighted by Gasteiger charge is -2.17. The van der Waals surface area contributed by atoms with E-state index in [2.05, 4.69) is 19.9 Å². The normalized spacial score (nSPS) is 28.3. The summed E-state index contributed by atoms with van der Waals surface area (Å²) in [5.74, 6) is -3.81. The fourth-order valence-corrected chi connectivity index (χ4v) is 2.33. The smallest absolute Gasteiger partial charge is 0.308 e. The maximum absolute atomic E-state index is 14.0. The molecule has 8 nitrogen and oxygen atoms in total. The Morgan fingerprint density at radius 3 is 2.71 bits per heavy atom. The molecule has 1 aliphatic heterocycles. The van der Waals surface area contributed by atoms with Crippen molar-refractivity contribution in [3.8, 4) is 0 Å². The molecule has 0 saturated carbocycles. The van der Waals surface area contributed by atoms with Crippen LogP contribution in [0.3, 0.4) is 0 Å². The number of aliphatic hydroxyl groups is 2. The summed E-state index contributed by atoms with van der Waals surface area (Å²) >= 11 is 0. The van der Waals surface area contributed by atoms with Crippen molar-refractivity contribution in [2.75, 3.05) is 12.3 Å². The Morgan fingerprint density at radius 2 is 2.10 bits per heavy atom. The Labute approximate surface area is 117 Å². The number of anilines is 1. The van der Waals surface area contributed by atoms with Gasteiger partial charge in [-0.15, -0.1) is 0 Å². The summed E-state index contributed by atoms with van der Waals surface area (Å²) in [6, 6.07) is 0. The van der Waals surface area contributed by atoms with Crippen LogP contribution < -0.4 is 5.73 Å². The van der Waals surface area contributed by atoms with Crippen LogP contribution in [0.15, 0.2) is 0 Å². The molecule has 1 fully saturated rings. The van der Waals surface area contributed by atoms with Gasteiger partial charge >= 0.3 is 5.92 Å². The molecule has 2 aromatic heterocycles. The van der Waals surface area contributed by atoms with Crippen molar-refractivity contribution in [3.63, 3.8) is 0 Å². The van der Waals surface area contributed by atoms with Gasteiger partial charge in [-0.25, -0.2) is 18.7 Å². The number of rotatable bonds is 2. The summed E-state index contributed by atoms with van der Waals surface area (Å²) in [6.45, 7) is 0.903. The number of imidazole rings is 1. The monoisotopic (exact) mass is 301 g/mol. The number of hydrogen-bond acceptors (Lipinski definition) is 7. The largest absolute Gasteiger partial charge is 0.394 e. The number of nitrogen functional groups attached to an aromatic ring is 1. The Bertz CT molecular complexity index is 692. The van der Waals surface area contributed by atoms with Crippen molar-refractivity contribution in [1.29, 1.82) is 0 Å². The van der Waals surface area contributed by atoms with Crippen molar-refractivity contribution < 1.29 is 23.7 Å². The Morgan fingerprint density at radius 1 is 1.38 bits per heavy atom. The number of aromatic nitrogens is 4. The van der Waals surface area contributed by atoms with E-state index in [1.165, 1.54) is 0 Å². The average Bonchev–Trinajstić information content (AvgIpc) is 2.91. The van der Waals surface area contributed by atoms with Gasteiger partial charge < -0.3 is 25.7 Å². The molecule has 0 aliphatic carbocycles. The third kappa shape index (κ3) is 2.03. The lowest BCUT2D eigenvalue weighted by molar-refractivity contribution is -0.115. The predicted octanol–water partition coefficient (Wildman–Crippen LogP) is -0.328. The Kier molecular flexibility index (Phi) is 3.04. The molecule has 1 saturated heterocycles. The van der Waals surface area contributed by atoms with Crippen LogP contribution in [0.1, 0.15) is 17.6 Å². The molecule has 3 heterocycles. The summed E-state index contributed by atoms with van der Waals surface area (Å²) in [7, 11) is 0. The molecular weight excluding hydrogens is 288 g/mol. The van der Waals surface area contributed by atoms with Crippen LogP contribution in [0, 0.1) is 6.92 Å². The highest BCUT2D eigenvalue weighted by Crippen LogP contribution is 2.44. The van der Waals surface area contributed by atoms with Crippen LogP contribution in [-0.4, -0.2) is 54.9 Å². The van der Waals surface area contributed by atoms with Crippen LogP contribution in [-0.2, 0) is 4.74 Å². The van der Waals surface area contributed by atoms with Crippen LogP contribution in [0.2, 0.25) is 0 Å². The number of fused-ring (bicyclic) bond motifs is 1. The second kappa shape index (κ2) is 4.55. The first kappa shape index (κ1) is 14.0. The van der Waals surface area contributed by atoms with E-state index in [1.807, 2.05) is 0 Å². The molecule has 0 bridgehead atoms. The summed E-state index contributed by atoms with van der Waals surface area (Å²) in [5, 5.41) is 18.5. The molecular formula is C11H13F2N5O3. The molecule has 114 valence electrons. The molecule has 3 rings (SSSR count). The van der Waals surface area contributed by atoms with E-state index in [0.717, 1.165) is 0 Å². The van der Waals surface area contributed by atoms with E-state index in [1.54, 1.807) is 6.92 Å². The minimum atomic E-state index is -3.59. The number of aliphatic hydroxyl groups excluding tert-OH is 2. The zero-order chi connectivity index (χ0) is 15.4. The standard InChI is InChI=1S/C11H13F2N5O3/c1-3-5-8(18-10(14)15-3)17-9(16-5)7-11(12,13)6(20)4(2-19)21-7/h4,6-7,19-20H,2H2,1H3,(H3,14,15,16,17,18)/t4-,6-,7+/m1/s1. The molecule has 0 unspecified atom stereocenters. The second-order valence-electron chi connectivity index (χ2n) is 4.84. The van der Waals surface area contributed by atoms with Crippen molar-refractivity contribution >= 4 is 17.1 Å². The third-order valence-corrected chi connectivity index (χ3v) is 3.40. The summed E-state index contributed by atoms with van der Waals surface area (Å²) in [5.41, 5.74) is 6.43. The fourth-order valence-electron chi connectivity index (χ4n) is 2.33. The van der Waals surface area contributed by atoms with E-state index in [-0.39, 0.29) is 17.4 Å². The molecule has 0 aromatic carbocycles. The highest BCUT2D eigenvalue weighted by Gasteiger charge is 2.59. The first-order valence-corrected chi connectivity index (χ1v) is 6.16. The maximum Gasteiger partial charge on any atom is 0.308 e. The fraction of sp³-hybridized carbons (Fsp3) is 0.545. The second-order valence-corrected chi connectivity index (χ2v) is 4.84. The van der Waals surface area contributed by atoms with Crippen LogP contribution in [0.5, 0.6) is 0 Å². The van der Waals surface area contributed by atoms with Crippen molar-refractivity contribution in [2.24, 2.45) is 0 Å². The van der Waals surface area contributed by atoms with Gasteiger partial charge in [0.1, 0.15) is 23.5 Å². The van der Waals surface area contributed by atoms with Crippen molar-refractivity contribution in [1.82, 2.24) is 19.9 Å². The predicted molar refractivity (Wildman–Crippen MR) is 66.5 cm³/mol. The van der Waals surface area contributed by atoms with Gasteiger partial charge in [0.15, 0.2) is 11.8 Å². The van der Waals surface area contributed by atoms with Gasteiger partial charge in [-0.1, -0.05) is 0 Å².